The van der Waals surface area contributed by atoms with E-state index in [1.807, 2.05) is 0 Å². The van der Waals surface area contributed by atoms with Gasteiger partial charge in [0.25, 0.3) is 0 Å². The minimum Gasteiger partial charge on any atom is -0.396 e. The molecule has 2 N–H and O–H groups in total. The molecule has 0 bridgehead atoms. The number of hydrogen-bond donors (Lipinski definition) is 1. The number of nitrogens with two attached hydrogens (primary N) is 1. The summed E-state index contributed by atoms with van der Waals surface area (Å²) in [6, 6.07) is 5.67. The fraction of sp³-hybridized carbons (Fsp3) is 0. The fourth-order valence-corrected chi connectivity index (χ4v) is 2.46. The fourth-order valence-electron chi connectivity index (χ4n) is 2.46. The van der Waals surface area contributed by atoms with Crippen molar-refractivity contribution in [1.82, 2.24) is 24.4 Å². The van der Waals surface area contributed by atoms with Crippen molar-refractivity contribution in [2.75, 3.05) is 5.73 Å². The summed E-state index contributed by atoms with van der Waals surface area (Å²) < 4.78 is 31.3. The summed E-state index contributed by atoms with van der Waals surface area (Å²) in [4.78, 5) is 4.25. The van der Waals surface area contributed by atoms with Gasteiger partial charge in [-0.2, -0.15) is 0 Å². The number of hydrogen-bond acceptors (Lipinski definition) is 4. The summed E-state index contributed by atoms with van der Waals surface area (Å²) in [5, 5.41) is 7.62. The van der Waals surface area contributed by atoms with E-state index in [1.165, 1.54) is 23.3 Å². The Balaban J connectivity index is 1.90. The number of aromatic nitrogens is 5. The normalized spacial score (nSPS) is 11.2. The van der Waals surface area contributed by atoms with Crippen molar-refractivity contribution in [2.45, 2.75) is 0 Å². The second-order valence-electron chi connectivity index (χ2n) is 4.95. The molecule has 0 atom stereocenters. The lowest BCUT2D eigenvalue weighted by molar-refractivity contribution is 0.592. The van der Waals surface area contributed by atoms with Crippen molar-refractivity contribution < 1.29 is 8.78 Å². The van der Waals surface area contributed by atoms with E-state index >= 15 is 0 Å². The Kier molecular flexibility index (Phi) is 2.83. The molecule has 3 aromatic heterocycles. The van der Waals surface area contributed by atoms with Crippen LogP contribution in [0.1, 0.15) is 0 Å². The maximum atomic E-state index is 14.2. The van der Waals surface area contributed by atoms with E-state index in [9.17, 15) is 8.78 Å². The average Bonchev–Trinajstić information content (AvgIpc) is 3.19. The Morgan fingerprint density at radius 1 is 1.09 bits per heavy atom. The molecule has 0 unspecified atom stereocenters. The largest absolute Gasteiger partial charge is 0.396 e. The third-order valence-corrected chi connectivity index (χ3v) is 3.56. The van der Waals surface area contributed by atoms with Crippen molar-refractivity contribution in [3.05, 3.63) is 60.8 Å². The summed E-state index contributed by atoms with van der Waals surface area (Å²) in [5.41, 5.74) is 6.35. The number of nitrogen functional groups attached to an aromatic ring is 1. The van der Waals surface area contributed by atoms with E-state index in [0.29, 0.717) is 11.4 Å². The molecule has 0 saturated carbocycles. The third kappa shape index (κ3) is 2.03. The molecular weight excluding hydrogens is 302 g/mol. The van der Waals surface area contributed by atoms with Crippen molar-refractivity contribution >= 4 is 11.2 Å². The Bertz CT molecular complexity index is 1010. The molecule has 4 aromatic rings. The van der Waals surface area contributed by atoms with Crippen LogP contribution in [0.5, 0.6) is 0 Å². The molecule has 3 heterocycles. The number of nitrogens with zero attached hydrogens (tertiary/aromatic N) is 5. The SMILES string of the molecule is Nc1ccc(F)c(-c2ccc3c(-n4ccnn4)ncn3c2)c1F. The lowest BCUT2D eigenvalue weighted by Crippen LogP contribution is -1.98. The van der Waals surface area contributed by atoms with E-state index in [1.54, 1.807) is 28.9 Å². The monoisotopic (exact) mass is 312 g/mol. The standard InChI is InChI=1S/C15H10F2N6/c16-10-2-3-11(18)14(17)13(10)9-1-4-12-15(19-8-22(12)7-9)23-6-5-20-21-23/h1-8H,18H2. The summed E-state index contributed by atoms with van der Waals surface area (Å²) in [6.45, 7) is 0. The number of halogens is 2. The van der Waals surface area contributed by atoms with Gasteiger partial charge >= 0.3 is 0 Å². The molecule has 0 aliphatic heterocycles. The molecule has 0 aliphatic rings. The summed E-state index contributed by atoms with van der Waals surface area (Å²) in [6.07, 6.45) is 6.33. The van der Waals surface area contributed by atoms with Crippen molar-refractivity contribution in [3.63, 3.8) is 0 Å². The topological polar surface area (TPSA) is 74.0 Å². The Morgan fingerprint density at radius 3 is 2.74 bits per heavy atom. The van der Waals surface area contributed by atoms with Gasteiger partial charge in [0.2, 0.25) is 0 Å². The zero-order valence-electron chi connectivity index (χ0n) is 11.7. The van der Waals surface area contributed by atoms with Gasteiger partial charge in [-0.1, -0.05) is 11.3 Å². The third-order valence-electron chi connectivity index (χ3n) is 3.56. The Hall–Kier alpha value is -3.29. The van der Waals surface area contributed by atoms with Crippen LogP contribution in [0.4, 0.5) is 14.5 Å². The Morgan fingerprint density at radius 2 is 1.96 bits per heavy atom. The highest BCUT2D eigenvalue weighted by Gasteiger charge is 2.16. The highest BCUT2D eigenvalue weighted by molar-refractivity contribution is 5.72. The zero-order valence-corrected chi connectivity index (χ0v) is 11.7. The van der Waals surface area contributed by atoms with E-state index in [0.717, 1.165) is 11.6 Å². The molecule has 4 rings (SSSR count). The highest BCUT2D eigenvalue weighted by Crippen LogP contribution is 2.30. The lowest BCUT2D eigenvalue weighted by Gasteiger charge is -2.08. The lowest BCUT2D eigenvalue weighted by atomic mass is 10.1. The van der Waals surface area contributed by atoms with E-state index < -0.39 is 11.6 Å². The maximum Gasteiger partial charge on any atom is 0.180 e. The molecule has 23 heavy (non-hydrogen) atoms. The van der Waals surface area contributed by atoms with Crippen LogP contribution < -0.4 is 5.73 Å². The van der Waals surface area contributed by atoms with Gasteiger partial charge in [-0.05, 0) is 18.2 Å². The Labute approximate surface area is 128 Å². The average molecular weight is 312 g/mol. The summed E-state index contributed by atoms with van der Waals surface area (Å²) in [5.74, 6) is -0.879. The molecule has 0 amide bonds. The number of pyridine rings is 1. The van der Waals surface area contributed by atoms with Crippen molar-refractivity contribution in [1.29, 1.82) is 0 Å². The number of fused-ring (bicyclic) bond motifs is 1. The van der Waals surface area contributed by atoms with Crippen LogP contribution in [0, 0.1) is 11.6 Å². The number of anilines is 1. The molecule has 0 spiro atoms. The molecule has 1 aromatic carbocycles. The molecule has 6 nitrogen and oxygen atoms in total. The van der Waals surface area contributed by atoms with Crippen LogP contribution in [-0.4, -0.2) is 24.4 Å². The van der Waals surface area contributed by atoms with Crippen molar-refractivity contribution in [3.8, 4) is 16.9 Å². The maximum absolute atomic E-state index is 14.2. The predicted molar refractivity (Wildman–Crippen MR) is 79.9 cm³/mol. The molecule has 0 fully saturated rings. The van der Waals surface area contributed by atoms with Gasteiger partial charge < -0.3 is 10.1 Å². The number of imidazole rings is 1. The molecule has 0 aliphatic carbocycles. The smallest absolute Gasteiger partial charge is 0.180 e. The second-order valence-corrected chi connectivity index (χ2v) is 4.95. The number of rotatable bonds is 2. The minimum atomic E-state index is -0.777. The predicted octanol–water partition coefficient (Wildman–Crippen LogP) is 2.44. The molecule has 8 heteroatoms. The summed E-state index contributed by atoms with van der Waals surface area (Å²) >= 11 is 0. The summed E-state index contributed by atoms with van der Waals surface area (Å²) in [7, 11) is 0. The van der Waals surface area contributed by atoms with Gasteiger partial charge in [0, 0.05) is 11.8 Å². The minimum absolute atomic E-state index is 0.101. The first-order valence-electron chi connectivity index (χ1n) is 6.72. The highest BCUT2D eigenvalue weighted by atomic mass is 19.1. The van der Waals surface area contributed by atoms with Crippen LogP contribution in [0.3, 0.4) is 0 Å². The van der Waals surface area contributed by atoms with E-state index in [4.69, 9.17) is 5.73 Å². The number of benzene rings is 1. The zero-order chi connectivity index (χ0) is 16.0. The molecule has 0 saturated heterocycles. The van der Waals surface area contributed by atoms with Gasteiger partial charge in [0.05, 0.1) is 29.2 Å². The first-order chi connectivity index (χ1) is 11.1. The van der Waals surface area contributed by atoms with Gasteiger partial charge in [-0.25, -0.2) is 18.4 Å². The van der Waals surface area contributed by atoms with Crippen LogP contribution in [0.2, 0.25) is 0 Å². The van der Waals surface area contributed by atoms with Crippen molar-refractivity contribution in [2.24, 2.45) is 0 Å². The second kappa shape index (κ2) is 4.87. The van der Waals surface area contributed by atoms with Gasteiger partial charge in [0.1, 0.15) is 12.1 Å². The van der Waals surface area contributed by atoms with Crippen LogP contribution in [0.25, 0.3) is 22.5 Å². The molecule has 114 valence electrons. The van der Waals surface area contributed by atoms with E-state index in [-0.39, 0.29) is 11.3 Å². The van der Waals surface area contributed by atoms with Gasteiger partial charge in [-0.3, -0.25) is 0 Å². The molecule has 0 radical (unpaired) electrons. The van der Waals surface area contributed by atoms with E-state index in [2.05, 4.69) is 15.3 Å². The van der Waals surface area contributed by atoms with Crippen LogP contribution in [0.15, 0.2) is 49.2 Å². The van der Waals surface area contributed by atoms with Gasteiger partial charge in [0.15, 0.2) is 11.6 Å². The van der Waals surface area contributed by atoms with Crippen LogP contribution >= 0.6 is 0 Å². The molecular formula is C15H10F2N6. The van der Waals surface area contributed by atoms with Gasteiger partial charge in [-0.15, -0.1) is 5.10 Å². The van der Waals surface area contributed by atoms with Crippen LogP contribution in [-0.2, 0) is 0 Å². The first kappa shape index (κ1) is 13.4. The quantitative estimate of drug-likeness (QED) is 0.577. The first-order valence-corrected chi connectivity index (χ1v) is 6.72.